The van der Waals surface area contributed by atoms with Crippen molar-refractivity contribution >= 4 is 17.8 Å². The van der Waals surface area contributed by atoms with Gasteiger partial charge in [0.15, 0.2) is 5.96 Å². The second-order valence-electron chi connectivity index (χ2n) is 5.39. The van der Waals surface area contributed by atoms with Crippen molar-refractivity contribution in [3.63, 3.8) is 0 Å². The molecule has 1 aromatic carbocycles. The summed E-state index contributed by atoms with van der Waals surface area (Å²) in [7, 11) is 0. The van der Waals surface area contributed by atoms with Crippen molar-refractivity contribution in [2.75, 3.05) is 13.2 Å². The minimum absolute atomic E-state index is 0.00536. The minimum Gasteiger partial charge on any atom is -0.370 e. The average molecular weight is 350 g/mol. The number of nitrogens with one attached hydrogen (secondary N) is 2. The highest BCUT2D eigenvalue weighted by Gasteiger charge is 2.20. The Balaban J connectivity index is 2.55. The summed E-state index contributed by atoms with van der Waals surface area (Å²) in [5.41, 5.74) is 11.5. The minimum atomic E-state index is -0.678. The van der Waals surface area contributed by atoms with Crippen molar-refractivity contribution < 1.29 is 14.4 Å². The largest absolute Gasteiger partial charge is 0.370 e. The molecule has 1 atom stereocenters. The average Bonchev–Trinajstić information content (AvgIpc) is 2.61. The summed E-state index contributed by atoms with van der Waals surface area (Å²) in [4.78, 5) is 32.5. The first-order valence-electron chi connectivity index (χ1n) is 8.01. The molecule has 0 aromatic heterocycles. The van der Waals surface area contributed by atoms with Crippen molar-refractivity contribution in [2.24, 2.45) is 22.4 Å². The molecule has 0 aliphatic rings. The van der Waals surface area contributed by atoms with Gasteiger partial charge in [-0.05, 0) is 18.4 Å². The molecule has 0 spiro atoms. The molecule has 138 valence electrons. The number of nitrogens with zero attached hydrogens (tertiary/aromatic N) is 1. The normalized spacial score (nSPS) is 11.4. The zero-order chi connectivity index (χ0) is 18.5. The second-order valence-corrected chi connectivity index (χ2v) is 5.39. The molecule has 0 aliphatic carbocycles. The van der Waals surface area contributed by atoms with Crippen LogP contribution in [-0.4, -0.2) is 37.0 Å². The van der Waals surface area contributed by atoms with Crippen LogP contribution in [0.2, 0.25) is 0 Å². The maximum Gasteiger partial charge on any atom is 0.242 e. The number of carbonyl (C=O) groups is 2. The first-order chi connectivity index (χ1) is 12.0. The molecule has 0 radical (unpaired) electrons. The van der Waals surface area contributed by atoms with Crippen LogP contribution in [0.15, 0.2) is 35.3 Å². The number of carbonyl (C=O) groups excluding carboxylic acids is 2. The molecular formula is C16H26N6O3. The number of nitrogens with two attached hydrogens (primary N) is 3. The van der Waals surface area contributed by atoms with Crippen LogP contribution in [-0.2, 0) is 21.0 Å². The molecule has 2 amide bonds. The summed E-state index contributed by atoms with van der Waals surface area (Å²) in [5.74, 6) is 4.32. The number of rotatable bonds is 11. The highest BCUT2D eigenvalue weighted by molar-refractivity contribution is 5.87. The molecule has 0 fully saturated rings. The van der Waals surface area contributed by atoms with Gasteiger partial charge in [-0.1, -0.05) is 30.3 Å². The highest BCUT2D eigenvalue weighted by Crippen LogP contribution is 2.02. The van der Waals surface area contributed by atoms with Crippen LogP contribution in [0.5, 0.6) is 0 Å². The van der Waals surface area contributed by atoms with Crippen LogP contribution in [0.4, 0.5) is 0 Å². The summed E-state index contributed by atoms with van der Waals surface area (Å²) in [6, 6.07) is 8.82. The lowest BCUT2D eigenvalue weighted by Gasteiger charge is -2.18. The van der Waals surface area contributed by atoms with E-state index < -0.39 is 6.04 Å². The van der Waals surface area contributed by atoms with E-state index in [0.717, 1.165) is 5.56 Å². The van der Waals surface area contributed by atoms with Gasteiger partial charge in [-0.25, -0.2) is 5.90 Å². The summed E-state index contributed by atoms with van der Waals surface area (Å²) in [6.07, 6.45) is 1.04. The summed E-state index contributed by atoms with van der Waals surface area (Å²) in [5, 5.41) is 5.49. The van der Waals surface area contributed by atoms with Crippen LogP contribution in [0.1, 0.15) is 24.8 Å². The zero-order valence-corrected chi connectivity index (χ0v) is 14.1. The topological polar surface area (TPSA) is 158 Å². The van der Waals surface area contributed by atoms with Gasteiger partial charge in [0.05, 0.1) is 13.0 Å². The molecule has 0 bridgehead atoms. The van der Waals surface area contributed by atoms with Crippen LogP contribution < -0.4 is 28.0 Å². The predicted octanol–water partition coefficient (Wildman–Crippen LogP) is -0.878. The number of hydrogen-bond donors (Lipinski definition) is 5. The Morgan fingerprint density at radius 1 is 1.20 bits per heavy atom. The number of benzene rings is 1. The zero-order valence-electron chi connectivity index (χ0n) is 14.1. The Labute approximate surface area is 146 Å². The first kappa shape index (κ1) is 20.4. The molecule has 1 aromatic rings. The van der Waals surface area contributed by atoms with Gasteiger partial charge in [-0.2, -0.15) is 0 Å². The third-order valence-corrected chi connectivity index (χ3v) is 3.35. The lowest BCUT2D eigenvalue weighted by atomic mass is 10.1. The number of amides is 2. The Hall–Kier alpha value is -2.65. The first-order valence-corrected chi connectivity index (χ1v) is 8.01. The van der Waals surface area contributed by atoms with Gasteiger partial charge in [-0.15, -0.1) is 0 Å². The third-order valence-electron chi connectivity index (χ3n) is 3.35. The van der Waals surface area contributed by atoms with Crippen molar-refractivity contribution in [1.29, 1.82) is 0 Å². The molecule has 8 N–H and O–H groups in total. The molecule has 0 heterocycles. The van der Waals surface area contributed by atoms with Crippen molar-refractivity contribution in [3.8, 4) is 0 Å². The molecule has 9 heteroatoms. The van der Waals surface area contributed by atoms with E-state index in [1.807, 2.05) is 30.3 Å². The SMILES string of the molecule is NOCCC(=O)NC(CCCN=C(N)N)C(=O)NCc1ccccc1. The van der Waals surface area contributed by atoms with Crippen LogP contribution in [0, 0.1) is 0 Å². The van der Waals surface area contributed by atoms with Crippen molar-refractivity contribution in [3.05, 3.63) is 35.9 Å². The van der Waals surface area contributed by atoms with Crippen molar-refractivity contribution in [2.45, 2.75) is 31.8 Å². The molecule has 0 saturated heterocycles. The van der Waals surface area contributed by atoms with E-state index in [4.69, 9.17) is 17.4 Å². The summed E-state index contributed by atoms with van der Waals surface area (Å²) < 4.78 is 0. The standard InChI is InChI=1S/C16H26N6O3/c17-16(18)20-9-4-7-13(22-14(23)8-10-25-19)15(24)21-11-12-5-2-1-3-6-12/h1-3,5-6,13H,4,7-11,19H2,(H,21,24)(H,22,23)(H4,17,18,20). The van der Waals surface area contributed by atoms with Gasteiger partial charge < -0.3 is 26.9 Å². The second kappa shape index (κ2) is 11.8. The van der Waals surface area contributed by atoms with Crippen LogP contribution in [0.25, 0.3) is 0 Å². The monoisotopic (exact) mass is 350 g/mol. The lowest BCUT2D eigenvalue weighted by Crippen LogP contribution is -2.46. The van der Waals surface area contributed by atoms with Gasteiger partial charge in [0.25, 0.3) is 0 Å². The number of guanidine groups is 1. The maximum absolute atomic E-state index is 12.4. The molecule has 9 nitrogen and oxygen atoms in total. The smallest absolute Gasteiger partial charge is 0.242 e. The van der Waals surface area contributed by atoms with E-state index >= 15 is 0 Å². The van der Waals surface area contributed by atoms with E-state index in [0.29, 0.717) is 25.9 Å². The van der Waals surface area contributed by atoms with E-state index in [2.05, 4.69) is 20.5 Å². The van der Waals surface area contributed by atoms with E-state index in [9.17, 15) is 9.59 Å². The van der Waals surface area contributed by atoms with E-state index in [-0.39, 0.29) is 30.8 Å². The quantitative estimate of drug-likeness (QED) is 0.151. The lowest BCUT2D eigenvalue weighted by molar-refractivity contribution is -0.129. The molecule has 0 saturated carbocycles. The Bertz CT molecular complexity index is 560. The fourth-order valence-electron chi connectivity index (χ4n) is 2.10. The fraction of sp³-hybridized carbons (Fsp3) is 0.438. The molecule has 1 rings (SSSR count). The fourth-order valence-corrected chi connectivity index (χ4v) is 2.10. The molecular weight excluding hydrogens is 324 g/mol. The summed E-state index contributed by atoms with van der Waals surface area (Å²) in [6.45, 7) is 0.844. The van der Waals surface area contributed by atoms with Gasteiger partial charge in [0.1, 0.15) is 6.04 Å². The van der Waals surface area contributed by atoms with Crippen LogP contribution >= 0.6 is 0 Å². The van der Waals surface area contributed by atoms with Gasteiger partial charge in [0.2, 0.25) is 11.8 Å². The predicted molar refractivity (Wildman–Crippen MR) is 94.9 cm³/mol. The third kappa shape index (κ3) is 9.28. The molecule has 25 heavy (non-hydrogen) atoms. The number of hydrogen-bond acceptors (Lipinski definition) is 5. The van der Waals surface area contributed by atoms with Crippen molar-refractivity contribution in [1.82, 2.24) is 10.6 Å². The van der Waals surface area contributed by atoms with E-state index in [1.54, 1.807) is 0 Å². The van der Waals surface area contributed by atoms with Gasteiger partial charge in [0, 0.05) is 13.1 Å². The van der Waals surface area contributed by atoms with Gasteiger partial charge in [-0.3, -0.25) is 14.6 Å². The Kier molecular flexibility index (Phi) is 9.64. The van der Waals surface area contributed by atoms with Crippen LogP contribution in [0.3, 0.4) is 0 Å². The maximum atomic E-state index is 12.4. The summed E-state index contributed by atoms with van der Waals surface area (Å²) >= 11 is 0. The van der Waals surface area contributed by atoms with E-state index in [1.165, 1.54) is 0 Å². The molecule has 1 unspecified atom stereocenters. The number of aliphatic imine (C=N–C) groups is 1. The highest BCUT2D eigenvalue weighted by atomic mass is 16.6. The molecule has 0 aliphatic heterocycles. The Morgan fingerprint density at radius 2 is 1.92 bits per heavy atom. The van der Waals surface area contributed by atoms with Gasteiger partial charge >= 0.3 is 0 Å². The Morgan fingerprint density at radius 3 is 2.56 bits per heavy atom.